The Morgan fingerprint density at radius 1 is 1.24 bits per heavy atom. The van der Waals surface area contributed by atoms with Crippen molar-refractivity contribution in [3.8, 4) is 0 Å². The van der Waals surface area contributed by atoms with Gasteiger partial charge in [-0.3, -0.25) is 0 Å². The Morgan fingerprint density at radius 3 is 2.76 bits per heavy atom. The van der Waals surface area contributed by atoms with Gasteiger partial charge in [0.05, 0.1) is 12.3 Å². The summed E-state index contributed by atoms with van der Waals surface area (Å²) in [6.07, 6.45) is 1.58. The van der Waals surface area contributed by atoms with Gasteiger partial charge in [0.2, 0.25) is 0 Å². The Morgan fingerprint density at radius 2 is 2.06 bits per heavy atom. The third-order valence-electron chi connectivity index (χ3n) is 2.60. The van der Waals surface area contributed by atoms with Crippen molar-refractivity contribution < 1.29 is 13.2 Å². The number of furan rings is 1. The van der Waals surface area contributed by atoms with E-state index < -0.39 is 11.6 Å². The number of hydrogen-bond acceptors (Lipinski definition) is 2. The fraction of sp³-hybridized carbons (Fsp3) is 0.231. The molecule has 90 valence electrons. The van der Waals surface area contributed by atoms with Crippen molar-refractivity contribution in [2.45, 2.75) is 19.5 Å². The lowest BCUT2D eigenvalue weighted by Gasteiger charge is -2.11. The number of nitrogens with one attached hydrogen (secondary N) is 1. The zero-order chi connectivity index (χ0) is 12.3. The molecule has 0 aliphatic carbocycles. The summed E-state index contributed by atoms with van der Waals surface area (Å²) in [6.45, 7) is 2.15. The smallest absolute Gasteiger partial charge is 0.163 e. The minimum atomic E-state index is -0.824. The summed E-state index contributed by atoms with van der Waals surface area (Å²) in [6, 6.07) is 7.73. The van der Waals surface area contributed by atoms with E-state index in [1.165, 1.54) is 6.07 Å². The lowest BCUT2D eigenvalue weighted by molar-refractivity contribution is 0.423. The first-order valence-corrected chi connectivity index (χ1v) is 5.38. The quantitative estimate of drug-likeness (QED) is 0.881. The second kappa shape index (κ2) is 5.10. The summed E-state index contributed by atoms with van der Waals surface area (Å²) in [5.74, 6) is -0.858. The van der Waals surface area contributed by atoms with Gasteiger partial charge in [0, 0.05) is 12.1 Å². The molecule has 1 atom stereocenters. The van der Waals surface area contributed by atoms with E-state index in [1.54, 1.807) is 18.4 Å². The van der Waals surface area contributed by atoms with Crippen molar-refractivity contribution >= 4 is 0 Å². The maximum atomic E-state index is 13.4. The van der Waals surface area contributed by atoms with E-state index in [-0.39, 0.29) is 12.6 Å². The van der Waals surface area contributed by atoms with Crippen LogP contribution in [-0.4, -0.2) is 0 Å². The lowest BCUT2D eigenvalue weighted by Crippen LogP contribution is -2.18. The van der Waals surface area contributed by atoms with Crippen LogP contribution in [0.25, 0.3) is 0 Å². The molecule has 0 fully saturated rings. The molecule has 0 bridgehead atoms. The largest absolute Gasteiger partial charge is 0.468 e. The highest BCUT2D eigenvalue weighted by Crippen LogP contribution is 2.15. The molecular weight excluding hydrogens is 224 g/mol. The van der Waals surface area contributed by atoms with Gasteiger partial charge in [0.1, 0.15) is 5.76 Å². The van der Waals surface area contributed by atoms with E-state index >= 15 is 0 Å². The van der Waals surface area contributed by atoms with Crippen molar-refractivity contribution in [1.82, 2.24) is 5.32 Å². The highest BCUT2D eigenvalue weighted by atomic mass is 19.2. The molecule has 1 heterocycles. The van der Waals surface area contributed by atoms with Gasteiger partial charge < -0.3 is 9.73 Å². The Balaban J connectivity index is 2.00. The molecule has 2 rings (SSSR count). The Labute approximate surface area is 98.3 Å². The van der Waals surface area contributed by atoms with Crippen LogP contribution in [-0.2, 0) is 6.54 Å². The third-order valence-corrected chi connectivity index (χ3v) is 2.60. The Bertz CT molecular complexity index is 482. The van der Waals surface area contributed by atoms with Gasteiger partial charge in [0.25, 0.3) is 0 Å². The second-order valence-electron chi connectivity index (χ2n) is 3.83. The highest BCUT2D eigenvalue weighted by molar-refractivity contribution is 5.19. The molecule has 1 unspecified atom stereocenters. The molecule has 0 radical (unpaired) electrons. The minimum absolute atomic E-state index is 0.0485. The summed E-state index contributed by atoms with van der Waals surface area (Å²) in [5.41, 5.74) is 0.309. The second-order valence-corrected chi connectivity index (χ2v) is 3.83. The normalized spacial score (nSPS) is 12.6. The summed E-state index contributed by atoms with van der Waals surface area (Å²) < 4.78 is 31.5. The van der Waals surface area contributed by atoms with E-state index in [1.807, 2.05) is 13.0 Å². The van der Waals surface area contributed by atoms with Crippen molar-refractivity contribution in [3.05, 3.63) is 59.6 Å². The van der Waals surface area contributed by atoms with Crippen LogP contribution in [0.1, 0.15) is 24.3 Å². The molecule has 0 aliphatic rings. The molecular formula is C13H13F2NO. The molecule has 0 spiro atoms. The zero-order valence-corrected chi connectivity index (χ0v) is 9.41. The first-order chi connectivity index (χ1) is 8.18. The standard InChI is InChI=1S/C13H13F2NO/c1-9(12-6-3-7-17-12)16-8-10-4-2-5-11(14)13(10)15/h2-7,9,16H,8H2,1H3. The van der Waals surface area contributed by atoms with Gasteiger partial charge in [0.15, 0.2) is 11.6 Å². The highest BCUT2D eigenvalue weighted by Gasteiger charge is 2.11. The lowest BCUT2D eigenvalue weighted by atomic mass is 10.2. The topological polar surface area (TPSA) is 25.2 Å². The van der Waals surface area contributed by atoms with Gasteiger partial charge in [-0.05, 0) is 25.1 Å². The molecule has 0 saturated carbocycles. The fourth-order valence-electron chi connectivity index (χ4n) is 1.59. The van der Waals surface area contributed by atoms with Crippen LogP contribution in [0, 0.1) is 11.6 Å². The van der Waals surface area contributed by atoms with Crippen LogP contribution in [0.15, 0.2) is 41.0 Å². The van der Waals surface area contributed by atoms with E-state index in [4.69, 9.17) is 4.42 Å². The van der Waals surface area contributed by atoms with Crippen molar-refractivity contribution in [2.24, 2.45) is 0 Å². The number of hydrogen-bond donors (Lipinski definition) is 1. The molecule has 1 N–H and O–H groups in total. The maximum absolute atomic E-state index is 13.4. The SMILES string of the molecule is CC(NCc1cccc(F)c1F)c1ccco1. The van der Waals surface area contributed by atoms with Crippen molar-refractivity contribution in [2.75, 3.05) is 0 Å². The first kappa shape index (κ1) is 11.8. The molecule has 2 aromatic rings. The van der Waals surface area contributed by atoms with Crippen molar-refractivity contribution in [1.29, 1.82) is 0 Å². The zero-order valence-electron chi connectivity index (χ0n) is 9.41. The van der Waals surface area contributed by atoms with E-state index in [9.17, 15) is 8.78 Å². The van der Waals surface area contributed by atoms with Gasteiger partial charge in [-0.2, -0.15) is 0 Å². The molecule has 1 aromatic heterocycles. The molecule has 17 heavy (non-hydrogen) atoms. The Hall–Kier alpha value is -1.68. The van der Waals surface area contributed by atoms with Crippen LogP contribution >= 0.6 is 0 Å². The first-order valence-electron chi connectivity index (χ1n) is 5.38. The van der Waals surface area contributed by atoms with Crippen LogP contribution < -0.4 is 5.32 Å². The van der Waals surface area contributed by atoms with Gasteiger partial charge >= 0.3 is 0 Å². The van der Waals surface area contributed by atoms with Crippen LogP contribution in [0.4, 0.5) is 8.78 Å². The predicted molar refractivity (Wildman–Crippen MR) is 60.3 cm³/mol. The summed E-state index contributed by atoms with van der Waals surface area (Å²) >= 11 is 0. The monoisotopic (exact) mass is 237 g/mol. The number of benzene rings is 1. The van der Waals surface area contributed by atoms with Crippen LogP contribution in [0.2, 0.25) is 0 Å². The summed E-state index contributed by atoms with van der Waals surface area (Å²) in [5, 5.41) is 3.07. The number of rotatable bonds is 4. The van der Waals surface area contributed by atoms with Crippen LogP contribution in [0.3, 0.4) is 0 Å². The molecule has 4 heteroatoms. The molecule has 0 saturated heterocycles. The predicted octanol–water partition coefficient (Wildman–Crippen LogP) is 3.41. The van der Waals surface area contributed by atoms with Gasteiger partial charge in [-0.25, -0.2) is 8.78 Å². The molecule has 0 aliphatic heterocycles. The minimum Gasteiger partial charge on any atom is -0.468 e. The molecule has 1 aromatic carbocycles. The number of halogens is 2. The van der Waals surface area contributed by atoms with Crippen molar-refractivity contribution in [3.63, 3.8) is 0 Å². The van der Waals surface area contributed by atoms with E-state index in [2.05, 4.69) is 5.32 Å². The van der Waals surface area contributed by atoms with E-state index in [0.29, 0.717) is 5.56 Å². The van der Waals surface area contributed by atoms with Crippen LogP contribution in [0.5, 0.6) is 0 Å². The fourth-order valence-corrected chi connectivity index (χ4v) is 1.59. The van der Waals surface area contributed by atoms with Gasteiger partial charge in [-0.15, -0.1) is 0 Å². The summed E-state index contributed by atoms with van der Waals surface area (Å²) in [4.78, 5) is 0. The molecule has 2 nitrogen and oxygen atoms in total. The van der Waals surface area contributed by atoms with E-state index in [0.717, 1.165) is 11.8 Å². The Kier molecular flexibility index (Phi) is 3.54. The third kappa shape index (κ3) is 2.71. The average Bonchev–Trinajstić information content (AvgIpc) is 2.84. The summed E-state index contributed by atoms with van der Waals surface area (Å²) in [7, 11) is 0. The average molecular weight is 237 g/mol. The molecule has 0 amide bonds. The maximum Gasteiger partial charge on any atom is 0.163 e. The van der Waals surface area contributed by atoms with Gasteiger partial charge in [-0.1, -0.05) is 12.1 Å².